The van der Waals surface area contributed by atoms with Crippen molar-refractivity contribution in [2.24, 2.45) is 5.92 Å². The first kappa shape index (κ1) is 23.9. The van der Waals surface area contributed by atoms with Gasteiger partial charge in [0.25, 0.3) is 0 Å². The number of likely N-dealkylation sites (tertiary alicyclic amines) is 1. The number of likely N-dealkylation sites (N-methyl/N-ethyl adjacent to an activating group) is 1. The van der Waals surface area contributed by atoms with Gasteiger partial charge in [-0.2, -0.15) is 0 Å². The maximum Gasteiger partial charge on any atom is 0.246 e. The highest BCUT2D eigenvalue weighted by molar-refractivity contribution is 9.10. The van der Waals surface area contributed by atoms with Crippen molar-refractivity contribution in [3.05, 3.63) is 50.1 Å². The first-order valence-corrected chi connectivity index (χ1v) is 14.6. The summed E-state index contributed by atoms with van der Waals surface area (Å²) in [6, 6.07) is 4.24. The molecule has 2 unspecified atom stereocenters. The van der Waals surface area contributed by atoms with Crippen LogP contribution in [0.2, 0.25) is 0 Å². The van der Waals surface area contributed by atoms with Gasteiger partial charge in [0.05, 0.1) is 11.5 Å². The minimum Gasteiger partial charge on any atom is -0.504 e. The van der Waals surface area contributed by atoms with E-state index in [0.29, 0.717) is 48.6 Å². The molecule has 5 atom stereocenters. The lowest BCUT2D eigenvalue weighted by atomic mass is 9.48. The maximum absolute atomic E-state index is 13.9. The number of ketones is 1. The molecule has 2 bridgehead atoms. The summed E-state index contributed by atoms with van der Waals surface area (Å²) >= 11 is 5.00. The van der Waals surface area contributed by atoms with Crippen LogP contribution in [0.25, 0.3) is 6.08 Å². The molecular weight excluding hydrogens is 556 g/mol. The van der Waals surface area contributed by atoms with Crippen LogP contribution in [0.4, 0.5) is 0 Å². The van der Waals surface area contributed by atoms with Crippen LogP contribution in [0.3, 0.4) is 0 Å². The van der Waals surface area contributed by atoms with E-state index in [2.05, 4.69) is 20.8 Å². The van der Waals surface area contributed by atoms with Crippen LogP contribution < -0.4 is 4.74 Å². The van der Waals surface area contributed by atoms with Crippen LogP contribution in [0.1, 0.15) is 52.9 Å². The number of amides is 1. The number of halogens is 1. The van der Waals surface area contributed by atoms with E-state index in [0.717, 1.165) is 15.9 Å². The Bertz CT molecular complexity index is 1350. The number of carbonyl (C=O) groups excluding carboxylic acids is 2. The van der Waals surface area contributed by atoms with Gasteiger partial charge in [-0.05, 0) is 78.2 Å². The molecule has 2 N–H and O–H groups in total. The van der Waals surface area contributed by atoms with E-state index in [1.165, 1.54) is 18.9 Å². The van der Waals surface area contributed by atoms with Crippen molar-refractivity contribution in [1.82, 2.24) is 9.80 Å². The Kier molecular flexibility index (Phi) is 5.26. The highest BCUT2D eigenvalue weighted by Gasteiger charge is 2.75. The fraction of sp³-hybridized carbons (Fsp3) is 0.500. The Balaban J connectivity index is 1.29. The Labute approximate surface area is 227 Å². The predicted molar refractivity (Wildman–Crippen MR) is 143 cm³/mol. The van der Waals surface area contributed by atoms with Gasteiger partial charge in [0.2, 0.25) is 5.91 Å². The average molecular weight is 586 g/mol. The highest BCUT2D eigenvalue weighted by atomic mass is 79.9. The summed E-state index contributed by atoms with van der Waals surface area (Å²) in [5.74, 6) is 0.651. The number of aromatic hydroxyl groups is 1. The third-order valence-electron chi connectivity index (χ3n) is 9.39. The van der Waals surface area contributed by atoms with Crippen molar-refractivity contribution >= 4 is 45.0 Å². The van der Waals surface area contributed by atoms with E-state index in [-0.39, 0.29) is 23.5 Å². The number of ether oxygens (including phenoxy) is 1. The lowest BCUT2D eigenvalue weighted by Crippen LogP contribution is -2.79. The monoisotopic (exact) mass is 584 g/mol. The smallest absolute Gasteiger partial charge is 0.246 e. The summed E-state index contributed by atoms with van der Waals surface area (Å²) in [4.78, 5) is 32.1. The quantitative estimate of drug-likeness (QED) is 0.517. The molecule has 3 fully saturated rings. The fourth-order valence-corrected chi connectivity index (χ4v) is 8.88. The topological polar surface area (TPSA) is 90.3 Å². The summed E-state index contributed by atoms with van der Waals surface area (Å²) in [6.45, 7) is 1.51. The number of thiophene rings is 1. The summed E-state index contributed by atoms with van der Waals surface area (Å²) in [6.07, 6.45) is 6.70. The average Bonchev–Trinajstić information content (AvgIpc) is 3.48. The van der Waals surface area contributed by atoms with Gasteiger partial charge < -0.3 is 19.8 Å². The van der Waals surface area contributed by atoms with Gasteiger partial charge >= 0.3 is 0 Å². The number of aliphatic hydroxyl groups is 1. The van der Waals surface area contributed by atoms with Gasteiger partial charge in [-0.15, -0.1) is 11.3 Å². The summed E-state index contributed by atoms with van der Waals surface area (Å²) in [7, 11) is 1.78. The number of benzene rings is 1. The van der Waals surface area contributed by atoms with Crippen molar-refractivity contribution in [1.29, 1.82) is 0 Å². The van der Waals surface area contributed by atoms with Gasteiger partial charge in [-0.3, -0.25) is 14.5 Å². The van der Waals surface area contributed by atoms with Crippen molar-refractivity contribution in [3.63, 3.8) is 0 Å². The van der Waals surface area contributed by atoms with Gasteiger partial charge in [-0.1, -0.05) is 0 Å². The largest absolute Gasteiger partial charge is 0.504 e. The van der Waals surface area contributed by atoms with Crippen LogP contribution in [-0.4, -0.2) is 75.6 Å². The molecule has 3 aliphatic carbocycles. The third kappa shape index (κ3) is 3.23. The van der Waals surface area contributed by atoms with E-state index in [4.69, 9.17) is 4.74 Å². The molecule has 1 amide bonds. The Hall–Kier alpha value is -2.20. The van der Waals surface area contributed by atoms with Gasteiger partial charge in [0.1, 0.15) is 17.7 Å². The van der Waals surface area contributed by atoms with Gasteiger partial charge in [-0.25, -0.2) is 0 Å². The molecule has 1 spiro atoms. The van der Waals surface area contributed by atoms with Crippen LogP contribution in [0, 0.1) is 5.92 Å². The lowest BCUT2D eigenvalue weighted by molar-refractivity contribution is -0.187. The Morgan fingerprint density at radius 3 is 2.86 bits per heavy atom. The van der Waals surface area contributed by atoms with Gasteiger partial charge in [0, 0.05) is 52.1 Å². The van der Waals surface area contributed by atoms with Gasteiger partial charge in [0.15, 0.2) is 17.3 Å². The van der Waals surface area contributed by atoms with Crippen LogP contribution in [0.5, 0.6) is 11.5 Å². The lowest BCUT2D eigenvalue weighted by Gasteiger charge is -2.63. The molecule has 1 saturated heterocycles. The number of hydrogen-bond acceptors (Lipinski definition) is 7. The summed E-state index contributed by atoms with van der Waals surface area (Å²) in [5.41, 5.74) is -0.970. The summed E-state index contributed by atoms with van der Waals surface area (Å²) in [5, 5.41) is 25.3. The highest BCUT2D eigenvalue weighted by Crippen LogP contribution is 2.66. The Morgan fingerprint density at radius 2 is 2.14 bits per heavy atom. The molecular formula is C28H29BrN2O5S. The standard InChI is InChI=1S/C28H29BrN2O5S/c1-30(21(33)7-4-17-12-16(29)14-37-17)19-8-9-28(35)25-23(34)18-5-6-20(32)24-22(18)27(28,26(19)36-24)10-11-31(25)13-15-2-3-15/h4-7,12,14-15,19,25-26,32,35H,2-3,8-11,13H2,1H3/b7-4+/t19?,25-,26?,27+,28-/m1/s1. The second-order valence-electron chi connectivity index (χ2n) is 11.3. The molecule has 5 aliphatic rings. The van der Waals surface area contributed by atoms with Crippen LogP contribution in [-0.2, 0) is 10.2 Å². The SMILES string of the molecule is CN(C(=O)/C=C/c1cc(Br)cs1)C1CC[C@@]2(O)[C@H]3C(=O)c4ccc(O)c5c4[C@@]2(CCN3CC2CC2)C1O5. The van der Waals surface area contributed by atoms with E-state index in [1.807, 2.05) is 17.5 Å². The van der Waals surface area contributed by atoms with E-state index in [9.17, 15) is 19.8 Å². The van der Waals surface area contributed by atoms with Crippen molar-refractivity contribution in [2.75, 3.05) is 20.1 Å². The van der Waals surface area contributed by atoms with Crippen molar-refractivity contribution in [3.8, 4) is 11.5 Å². The summed E-state index contributed by atoms with van der Waals surface area (Å²) < 4.78 is 7.48. The molecule has 2 saturated carbocycles. The van der Waals surface area contributed by atoms with Crippen LogP contribution >= 0.6 is 27.3 Å². The first-order valence-electron chi connectivity index (χ1n) is 13.0. The van der Waals surface area contributed by atoms with E-state index >= 15 is 0 Å². The molecule has 3 heterocycles. The number of phenolic OH excluding ortho intramolecular Hbond substituents is 1. The number of rotatable bonds is 5. The number of piperidine rings is 1. The van der Waals surface area contributed by atoms with Crippen molar-refractivity contribution in [2.45, 2.75) is 61.3 Å². The second kappa shape index (κ2) is 8.15. The Morgan fingerprint density at radius 1 is 1.32 bits per heavy atom. The van der Waals surface area contributed by atoms with Crippen LogP contribution in [0.15, 0.2) is 34.1 Å². The molecule has 7 nitrogen and oxygen atoms in total. The molecule has 2 aliphatic heterocycles. The normalized spacial score (nSPS) is 33.9. The molecule has 7 rings (SSSR count). The molecule has 1 aromatic heterocycles. The minimum atomic E-state index is -1.31. The second-order valence-corrected chi connectivity index (χ2v) is 13.1. The molecule has 0 radical (unpaired) electrons. The fourth-order valence-electron chi connectivity index (χ4n) is 7.54. The third-order valence-corrected chi connectivity index (χ3v) is 11.1. The zero-order chi connectivity index (χ0) is 25.7. The number of nitrogens with zero attached hydrogens (tertiary/aromatic N) is 2. The maximum atomic E-state index is 13.9. The molecule has 2 aromatic rings. The van der Waals surface area contributed by atoms with E-state index in [1.54, 1.807) is 35.4 Å². The number of phenols is 1. The number of Topliss-reactive ketones (excluding diaryl/α,β-unsaturated/α-hetero) is 1. The predicted octanol–water partition coefficient (Wildman–Crippen LogP) is 3.96. The first-order chi connectivity index (χ1) is 17.7. The minimum absolute atomic E-state index is 0.0209. The molecule has 1 aromatic carbocycles. The zero-order valence-electron chi connectivity index (χ0n) is 20.5. The van der Waals surface area contributed by atoms with E-state index < -0.39 is 23.2 Å². The molecule has 37 heavy (non-hydrogen) atoms. The zero-order valence-corrected chi connectivity index (χ0v) is 22.9. The molecule has 194 valence electrons. The number of carbonyl (C=O) groups is 2. The number of hydrogen-bond donors (Lipinski definition) is 2. The molecule has 9 heteroatoms. The van der Waals surface area contributed by atoms with Crippen molar-refractivity contribution < 1.29 is 24.5 Å².